The number of benzene rings is 1. The molecule has 1 aromatic carbocycles. The average Bonchev–Trinajstić information content (AvgIpc) is 2.32. The lowest BCUT2D eigenvalue weighted by Gasteiger charge is -2.07. The average molecular weight is 283 g/mol. The summed E-state index contributed by atoms with van der Waals surface area (Å²) in [6.45, 7) is 0. The molecule has 0 unspecified atom stereocenters. The number of rotatable bonds is 2. The number of hydrogen-bond donors (Lipinski definition) is 2. The van der Waals surface area contributed by atoms with Gasteiger partial charge in [0.25, 0.3) is 5.91 Å². The van der Waals surface area contributed by atoms with Crippen LogP contribution in [-0.2, 0) is 0 Å². The first-order valence-corrected chi connectivity index (χ1v) is 5.79. The molecule has 0 bridgehead atoms. The van der Waals surface area contributed by atoms with Gasteiger partial charge < -0.3 is 5.32 Å². The van der Waals surface area contributed by atoms with E-state index in [-0.39, 0.29) is 11.3 Å². The quantitative estimate of drug-likeness (QED) is 0.829. The predicted molar refractivity (Wildman–Crippen MR) is 70.9 cm³/mol. The Kier molecular flexibility index (Phi) is 3.84. The summed E-state index contributed by atoms with van der Waals surface area (Å²) in [6, 6.07) is 5.95. The molecule has 1 N–H and O–H groups in total. The number of pyridine rings is 1. The number of nitrogens with one attached hydrogen (secondary N) is 1. The summed E-state index contributed by atoms with van der Waals surface area (Å²) in [6.07, 6.45) is 2.40. The van der Waals surface area contributed by atoms with Gasteiger partial charge >= 0.3 is 0 Å². The number of thiol groups is 1. The van der Waals surface area contributed by atoms with Crippen LogP contribution in [-0.4, -0.2) is 10.9 Å². The zero-order chi connectivity index (χ0) is 13.1. The Bertz CT molecular complexity index is 606. The van der Waals surface area contributed by atoms with E-state index in [0.29, 0.717) is 9.92 Å². The Morgan fingerprint density at radius 2 is 2.11 bits per heavy atom. The van der Waals surface area contributed by atoms with Crippen LogP contribution in [0.4, 0.5) is 10.1 Å². The molecule has 0 spiro atoms. The summed E-state index contributed by atoms with van der Waals surface area (Å²) in [4.78, 5) is 16.2. The van der Waals surface area contributed by atoms with Gasteiger partial charge in [0.05, 0.1) is 28.7 Å². The second-order valence-corrected chi connectivity index (χ2v) is 4.43. The van der Waals surface area contributed by atoms with Gasteiger partial charge in [-0.2, -0.15) is 0 Å². The number of carbonyl (C=O) groups is 1. The zero-order valence-corrected chi connectivity index (χ0v) is 10.7. The Morgan fingerprint density at radius 3 is 2.83 bits per heavy atom. The predicted octanol–water partition coefficient (Wildman–Crippen LogP) is 3.42. The van der Waals surface area contributed by atoms with Crippen LogP contribution in [0, 0.1) is 5.82 Å². The topological polar surface area (TPSA) is 42.0 Å². The van der Waals surface area contributed by atoms with Crippen molar-refractivity contribution in [3.63, 3.8) is 0 Å². The standard InChI is InChI=1S/C12H8ClFN2OS/c13-11-2-1-9(18)4-10(11)12(17)16-8-3-7(14)5-15-6-8/h1-6,18H,(H,16,17). The second kappa shape index (κ2) is 5.37. The maximum atomic E-state index is 12.9. The molecule has 0 saturated carbocycles. The van der Waals surface area contributed by atoms with Crippen molar-refractivity contribution in [2.75, 3.05) is 5.32 Å². The summed E-state index contributed by atoms with van der Waals surface area (Å²) < 4.78 is 12.9. The number of halogens is 2. The maximum absolute atomic E-state index is 12.9. The molecule has 2 rings (SSSR count). The van der Waals surface area contributed by atoms with E-state index < -0.39 is 11.7 Å². The van der Waals surface area contributed by atoms with Crippen molar-refractivity contribution in [3.8, 4) is 0 Å². The molecule has 1 amide bonds. The molecule has 0 fully saturated rings. The molecule has 0 saturated heterocycles. The van der Waals surface area contributed by atoms with E-state index in [1.165, 1.54) is 18.3 Å². The highest BCUT2D eigenvalue weighted by atomic mass is 35.5. The summed E-state index contributed by atoms with van der Waals surface area (Å²) in [5, 5.41) is 2.81. The van der Waals surface area contributed by atoms with Gasteiger partial charge in [-0.1, -0.05) is 11.6 Å². The second-order valence-electron chi connectivity index (χ2n) is 3.51. The van der Waals surface area contributed by atoms with Gasteiger partial charge in [0.1, 0.15) is 5.82 Å². The van der Waals surface area contributed by atoms with Crippen LogP contribution in [0.25, 0.3) is 0 Å². The van der Waals surface area contributed by atoms with Crippen molar-refractivity contribution >= 4 is 35.8 Å². The van der Waals surface area contributed by atoms with Crippen LogP contribution in [0.15, 0.2) is 41.6 Å². The number of anilines is 1. The van der Waals surface area contributed by atoms with E-state index in [0.717, 1.165) is 6.20 Å². The minimum atomic E-state index is -0.526. The van der Waals surface area contributed by atoms with Crippen LogP contribution < -0.4 is 5.32 Å². The fraction of sp³-hybridized carbons (Fsp3) is 0. The van der Waals surface area contributed by atoms with Crippen LogP contribution in [0.1, 0.15) is 10.4 Å². The van der Waals surface area contributed by atoms with Gasteiger partial charge in [0.2, 0.25) is 0 Å². The highest BCUT2D eigenvalue weighted by Crippen LogP contribution is 2.21. The number of nitrogens with zero attached hydrogens (tertiary/aromatic N) is 1. The van der Waals surface area contributed by atoms with Crippen molar-refractivity contribution in [3.05, 3.63) is 53.1 Å². The molecular weight excluding hydrogens is 275 g/mol. The van der Waals surface area contributed by atoms with Crippen LogP contribution in [0.3, 0.4) is 0 Å². The largest absolute Gasteiger partial charge is 0.320 e. The molecule has 0 aliphatic rings. The summed E-state index contributed by atoms with van der Waals surface area (Å²) >= 11 is 10.0. The molecule has 92 valence electrons. The summed E-state index contributed by atoms with van der Waals surface area (Å²) in [5.74, 6) is -0.967. The molecule has 1 aromatic heterocycles. The summed E-state index contributed by atoms with van der Waals surface area (Å²) in [5.41, 5.74) is 0.536. The maximum Gasteiger partial charge on any atom is 0.257 e. The van der Waals surface area contributed by atoms with E-state index in [1.807, 2.05) is 0 Å². The molecule has 0 radical (unpaired) electrons. The Labute approximate surface area is 113 Å². The van der Waals surface area contributed by atoms with Crippen molar-refractivity contribution in [2.45, 2.75) is 4.90 Å². The first kappa shape index (κ1) is 12.9. The molecule has 2 aromatic rings. The first-order chi connectivity index (χ1) is 8.56. The highest BCUT2D eigenvalue weighted by Gasteiger charge is 2.11. The van der Waals surface area contributed by atoms with Crippen molar-refractivity contribution in [1.29, 1.82) is 0 Å². The van der Waals surface area contributed by atoms with Gasteiger partial charge in [-0.25, -0.2) is 4.39 Å². The van der Waals surface area contributed by atoms with Gasteiger partial charge in [-0.15, -0.1) is 12.6 Å². The van der Waals surface area contributed by atoms with Crippen LogP contribution >= 0.6 is 24.2 Å². The van der Waals surface area contributed by atoms with Crippen LogP contribution in [0.5, 0.6) is 0 Å². The zero-order valence-electron chi connectivity index (χ0n) is 9.02. The van der Waals surface area contributed by atoms with Crippen molar-refractivity contribution < 1.29 is 9.18 Å². The molecule has 0 aliphatic carbocycles. The van der Waals surface area contributed by atoms with Crippen LogP contribution in [0.2, 0.25) is 5.02 Å². The molecule has 6 heteroatoms. The van der Waals surface area contributed by atoms with Crippen molar-refractivity contribution in [1.82, 2.24) is 4.98 Å². The van der Waals surface area contributed by atoms with E-state index >= 15 is 0 Å². The Balaban J connectivity index is 2.24. The Morgan fingerprint density at radius 1 is 1.33 bits per heavy atom. The third kappa shape index (κ3) is 3.00. The third-order valence-corrected chi connectivity index (χ3v) is 2.77. The highest BCUT2D eigenvalue weighted by molar-refractivity contribution is 7.80. The van der Waals surface area contributed by atoms with E-state index in [1.54, 1.807) is 12.1 Å². The molecular formula is C12H8ClFN2OS. The van der Waals surface area contributed by atoms with Gasteiger partial charge in [-0.05, 0) is 18.2 Å². The van der Waals surface area contributed by atoms with E-state index in [2.05, 4.69) is 22.9 Å². The lowest BCUT2D eigenvalue weighted by Crippen LogP contribution is -2.12. The normalized spacial score (nSPS) is 10.2. The number of aromatic nitrogens is 1. The SMILES string of the molecule is O=C(Nc1cncc(F)c1)c1cc(S)ccc1Cl. The van der Waals surface area contributed by atoms with E-state index in [4.69, 9.17) is 11.6 Å². The Hall–Kier alpha value is -1.59. The number of amides is 1. The van der Waals surface area contributed by atoms with E-state index in [9.17, 15) is 9.18 Å². The monoisotopic (exact) mass is 282 g/mol. The molecule has 3 nitrogen and oxygen atoms in total. The smallest absolute Gasteiger partial charge is 0.257 e. The lowest BCUT2D eigenvalue weighted by atomic mass is 10.2. The fourth-order valence-corrected chi connectivity index (χ4v) is 1.77. The minimum Gasteiger partial charge on any atom is -0.320 e. The molecule has 0 atom stereocenters. The number of hydrogen-bond acceptors (Lipinski definition) is 3. The number of carbonyl (C=O) groups excluding carboxylic acids is 1. The molecule has 18 heavy (non-hydrogen) atoms. The van der Waals surface area contributed by atoms with Gasteiger partial charge in [0.15, 0.2) is 0 Å². The minimum absolute atomic E-state index is 0.264. The third-order valence-electron chi connectivity index (χ3n) is 2.16. The summed E-state index contributed by atoms with van der Waals surface area (Å²) in [7, 11) is 0. The molecule has 1 heterocycles. The van der Waals surface area contributed by atoms with Gasteiger partial charge in [-0.3, -0.25) is 9.78 Å². The van der Waals surface area contributed by atoms with Crippen molar-refractivity contribution in [2.24, 2.45) is 0 Å². The lowest BCUT2D eigenvalue weighted by molar-refractivity contribution is 0.102. The fourth-order valence-electron chi connectivity index (χ4n) is 1.37. The van der Waals surface area contributed by atoms with Gasteiger partial charge in [0, 0.05) is 11.0 Å². The first-order valence-electron chi connectivity index (χ1n) is 4.96. The molecule has 0 aliphatic heterocycles.